The summed E-state index contributed by atoms with van der Waals surface area (Å²) in [6, 6.07) is 6.95. The van der Waals surface area contributed by atoms with E-state index in [2.05, 4.69) is 5.10 Å². The first-order valence-electron chi connectivity index (χ1n) is 7.96. The lowest BCUT2D eigenvalue weighted by molar-refractivity contribution is -0.118. The van der Waals surface area contributed by atoms with Crippen LogP contribution < -0.4 is 4.90 Å². The van der Waals surface area contributed by atoms with Crippen LogP contribution in [0.15, 0.2) is 35.4 Å². The Bertz CT molecular complexity index is 871. The highest BCUT2D eigenvalue weighted by Crippen LogP contribution is 2.30. The van der Waals surface area contributed by atoms with E-state index in [0.717, 1.165) is 29.8 Å². The third-order valence-corrected chi connectivity index (χ3v) is 5.53. The van der Waals surface area contributed by atoms with E-state index in [9.17, 15) is 13.2 Å². The van der Waals surface area contributed by atoms with Gasteiger partial charge >= 0.3 is 0 Å². The van der Waals surface area contributed by atoms with Crippen molar-refractivity contribution < 1.29 is 13.2 Å². The average Bonchev–Trinajstić information content (AvgIpc) is 2.95. The maximum atomic E-state index is 12.6. The molecule has 2 aromatic rings. The SMILES string of the molecule is Cn1nccc1CCC(=O)N1CCCc2cc(S(C)(=O)=O)ccc21. The fourth-order valence-corrected chi connectivity index (χ4v) is 3.75. The fourth-order valence-electron chi connectivity index (χ4n) is 3.08. The molecule has 0 aliphatic carbocycles. The molecular weight excluding hydrogens is 326 g/mol. The summed E-state index contributed by atoms with van der Waals surface area (Å²) in [5.41, 5.74) is 2.79. The number of nitrogens with zero attached hydrogens (tertiary/aromatic N) is 3. The summed E-state index contributed by atoms with van der Waals surface area (Å²) in [5, 5.41) is 4.11. The standard InChI is InChI=1S/C17H21N3O3S/c1-19-14(9-10-18-19)5-8-17(21)20-11-3-4-13-12-15(24(2,22)23)6-7-16(13)20/h6-7,9-10,12H,3-5,8,11H2,1-2H3. The van der Waals surface area contributed by atoms with Gasteiger partial charge in [0.05, 0.1) is 4.90 Å². The maximum absolute atomic E-state index is 12.6. The third-order valence-electron chi connectivity index (χ3n) is 4.42. The van der Waals surface area contributed by atoms with Gasteiger partial charge in [-0.05, 0) is 49.1 Å². The quantitative estimate of drug-likeness (QED) is 0.844. The fraction of sp³-hybridized carbons (Fsp3) is 0.412. The first-order chi connectivity index (χ1) is 11.4. The van der Waals surface area contributed by atoms with Crippen molar-refractivity contribution in [3.05, 3.63) is 41.7 Å². The van der Waals surface area contributed by atoms with Gasteiger partial charge in [-0.25, -0.2) is 8.42 Å². The molecule has 0 bridgehead atoms. The molecule has 2 heterocycles. The minimum absolute atomic E-state index is 0.0595. The Labute approximate surface area is 142 Å². The van der Waals surface area contributed by atoms with Gasteiger partial charge in [0, 0.05) is 43.8 Å². The van der Waals surface area contributed by atoms with E-state index in [4.69, 9.17) is 0 Å². The van der Waals surface area contributed by atoms with E-state index < -0.39 is 9.84 Å². The third kappa shape index (κ3) is 3.36. The lowest BCUT2D eigenvalue weighted by Crippen LogP contribution is -2.35. The van der Waals surface area contributed by atoms with E-state index in [0.29, 0.717) is 24.3 Å². The van der Waals surface area contributed by atoms with Crippen LogP contribution in [0.4, 0.5) is 5.69 Å². The van der Waals surface area contributed by atoms with Gasteiger partial charge in [0.15, 0.2) is 9.84 Å². The van der Waals surface area contributed by atoms with Gasteiger partial charge in [0.2, 0.25) is 5.91 Å². The van der Waals surface area contributed by atoms with Crippen LogP contribution in [0.25, 0.3) is 0 Å². The molecular formula is C17H21N3O3S. The number of carbonyl (C=O) groups excluding carboxylic acids is 1. The molecule has 6 nitrogen and oxygen atoms in total. The number of anilines is 1. The van der Waals surface area contributed by atoms with Gasteiger partial charge in [-0.2, -0.15) is 5.10 Å². The van der Waals surface area contributed by atoms with E-state index in [1.54, 1.807) is 34.0 Å². The van der Waals surface area contributed by atoms with Gasteiger partial charge < -0.3 is 4.90 Å². The van der Waals surface area contributed by atoms with Gasteiger partial charge in [-0.1, -0.05) is 0 Å². The van der Waals surface area contributed by atoms with Crippen LogP contribution in [0.3, 0.4) is 0 Å². The van der Waals surface area contributed by atoms with E-state index >= 15 is 0 Å². The van der Waals surface area contributed by atoms with Crippen molar-refractivity contribution in [2.24, 2.45) is 7.05 Å². The molecule has 1 aliphatic heterocycles. The molecule has 1 aromatic heterocycles. The van der Waals surface area contributed by atoms with E-state index in [-0.39, 0.29) is 5.91 Å². The molecule has 0 unspecified atom stereocenters. The lowest BCUT2D eigenvalue weighted by atomic mass is 10.0. The maximum Gasteiger partial charge on any atom is 0.227 e. The van der Waals surface area contributed by atoms with Crippen LogP contribution in [0.1, 0.15) is 24.1 Å². The number of rotatable bonds is 4. The van der Waals surface area contributed by atoms with Gasteiger partial charge in [-0.15, -0.1) is 0 Å². The van der Waals surface area contributed by atoms with Crippen molar-refractivity contribution >= 4 is 21.4 Å². The van der Waals surface area contributed by atoms with Crippen LogP contribution in [-0.4, -0.2) is 36.9 Å². The predicted octanol–water partition coefficient (Wildman–Crippen LogP) is 1.74. The monoisotopic (exact) mass is 347 g/mol. The molecule has 128 valence electrons. The van der Waals surface area contributed by atoms with Crippen LogP contribution in [0, 0.1) is 0 Å². The van der Waals surface area contributed by atoms with Crippen LogP contribution in [0.5, 0.6) is 0 Å². The molecule has 1 aliphatic rings. The normalized spacial score (nSPS) is 14.5. The van der Waals surface area contributed by atoms with Crippen molar-refractivity contribution in [1.29, 1.82) is 0 Å². The Hall–Kier alpha value is -2.15. The molecule has 24 heavy (non-hydrogen) atoms. The number of amides is 1. The zero-order valence-electron chi connectivity index (χ0n) is 13.9. The summed E-state index contributed by atoms with van der Waals surface area (Å²) in [4.78, 5) is 14.7. The van der Waals surface area contributed by atoms with Crippen LogP contribution in [-0.2, 0) is 34.5 Å². The number of carbonyl (C=O) groups is 1. The largest absolute Gasteiger partial charge is 0.312 e. The molecule has 0 radical (unpaired) electrons. The smallest absolute Gasteiger partial charge is 0.227 e. The molecule has 7 heteroatoms. The summed E-state index contributed by atoms with van der Waals surface area (Å²) in [6.07, 6.45) is 5.62. The lowest BCUT2D eigenvalue weighted by Gasteiger charge is -2.30. The zero-order chi connectivity index (χ0) is 17.3. The van der Waals surface area contributed by atoms with Crippen molar-refractivity contribution in [1.82, 2.24) is 9.78 Å². The Morgan fingerprint density at radius 1 is 1.29 bits per heavy atom. The summed E-state index contributed by atoms with van der Waals surface area (Å²) >= 11 is 0. The Kier molecular flexibility index (Phi) is 4.45. The molecule has 1 amide bonds. The first-order valence-corrected chi connectivity index (χ1v) is 9.85. The molecule has 0 N–H and O–H groups in total. The molecule has 0 saturated carbocycles. The number of hydrogen-bond donors (Lipinski definition) is 0. The number of aryl methyl sites for hydroxylation is 3. The minimum atomic E-state index is -3.23. The molecule has 0 spiro atoms. The number of hydrogen-bond acceptors (Lipinski definition) is 4. The van der Waals surface area contributed by atoms with Gasteiger partial charge in [0.25, 0.3) is 0 Å². The number of sulfone groups is 1. The number of benzene rings is 1. The molecule has 1 aromatic carbocycles. The topological polar surface area (TPSA) is 72.3 Å². The van der Waals surface area contributed by atoms with Crippen LogP contribution >= 0.6 is 0 Å². The Morgan fingerprint density at radius 2 is 2.08 bits per heavy atom. The number of fused-ring (bicyclic) bond motifs is 1. The van der Waals surface area contributed by atoms with Crippen molar-refractivity contribution in [2.75, 3.05) is 17.7 Å². The average molecular weight is 347 g/mol. The van der Waals surface area contributed by atoms with E-state index in [1.165, 1.54) is 6.26 Å². The van der Waals surface area contributed by atoms with Crippen molar-refractivity contribution in [3.63, 3.8) is 0 Å². The Morgan fingerprint density at radius 3 is 2.75 bits per heavy atom. The van der Waals surface area contributed by atoms with Crippen molar-refractivity contribution in [3.8, 4) is 0 Å². The summed E-state index contributed by atoms with van der Waals surface area (Å²) in [5.74, 6) is 0.0595. The number of aromatic nitrogens is 2. The highest BCUT2D eigenvalue weighted by molar-refractivity contribution is 7.90. The van der Waals surface area contributed by atoms with Gasteiger partial charge in [0.1, 0.15) is 0 Å². The Balaban J connectivity index is 1.79. The molecule has 3 rings (SSSR count). The second-order valence-corrected chi connectivity index (χ2v) is 8.17. The van der Waals surface area contributed by atoms with E-state index in [1.807, 2.05) is 13.1 Å². The summed E-state index contributed by atoms with van der Waals surface area (Å²) in [6.45, 7) is 0.676. The summed E-state index contributed by atoms with van der Waals surface area (Å²) < 4.78 is 25.2. The minimum Gasteiger partial charge on any atom is -0.312 e. The molecule has 0 atom stereocenters. The predicted molar refractivity (Wildman–Crippen MR) is 91.8 cm³/mol. The second kappa shape index (κ2) is 6.39. The summed E-state index contributed by atoms with van der Waals surface area (Å²) in [7, 11) is -1.37. The molecule has 0 saturated heterocycles. The van der Waals surface area contributed by atoms with Crippen molar-refractivity contribution in [2.45, 2.75) is 30.6 Å². The zero-order valence-corrected chi connectivity index (χ0v) is 14.7. The highest BCUT2D eigenvalue weighted by atomic mass is 32.2. The second-order valence-electron chi connectivity index (χ2n) is 6.16. The van der Waals surface area contributed by atoms with Gasteiger partial charge in [-0.3, -0.25) is 9.48 Å². The van der Waals surface area contributed by atoms with Crippen LogP contribution in [0.2, 0.25) is 0 Å². The molecule has 0 fully saturated rings. The highest BCUT2D eigenvalue weighted by Gasteiger charge is 2.23. The first kappa shape index (κ1) is 16.7.